The van der Waals surface area contributed by atoms with Crippen LogP contribution in [0, 0.1) is 0 Å². The predicted molar refractivity (Wildman–Crippen MR) is 167 cm³/mol. The zero-order valence-corrected chi connectivity index (χ0v) is 21.7. The predicted octanol–water partition coefficient (Wildman–Crippen LogP) is 7.19. The molecule has 1 aromatic heterocycles. The summed E-state index contributed by atoms with van der Waals surface area (Å²) < 4.78 is 8.96. The maximum atomic E-state index is 6.51. The van der Waals surface area contributed by atoms with Crippen LogP contribution in [0.1, 0.15) is 0 Å². The molecule has 0 bridgehead atoms. The number of ether oxygens (including phenoxy) is 1. The summed E-state index contributed by atoms with van der Waals surface area (Å²) >= 11 is 0. The summed E-state index contributed by atoms with van der Waals surface area (Å²) in [6.07, 6.45) is 0. The van der Waals surface area contributed by atoms with Gasteiger partial charge in [-0.25, -0.2) is 0 Å². The summed E-state index contributed by atoms with van der Waals surface area (Å²) in [6, 6.07) is 49.8. The van der Waals surface area contributed by atoms with E-state index in [1.165, 1.54) is 43.9 Å². The molecule has 0 saturated carbocycles. The molecule has 40 heavy (non-hydrogen) atoms. The minimum Gasteiger partial charge on any atom is -0.458 e. The van der Waals surface area contributed by atoms with Gasteiger partial charge in [-0.3, -0.25) is 0 Å². The lowest BCUT2D eigenvalue weighted by Crippen LogP contribution is -2.58. The maximum absolute atomic E-state index is 6.51. The van der Waals surface area contributed by atoms with Crippen LogP contribution in [0.5, 0.6) is 11.5 Å². The van der Waals surface area contributed by atoms with Crippen molar-refractivity contribution in [2.75, 3.05) is 4.90 Å². The van der Waals surface area contributed by atoms with Gasteiger partial charge in [0.15, 0.2) is 0 Å². The van der Waals surface area contributed by atoms with Gasteiger partial charge in [-0.1, -0.05) is 72.8 Å². The third-order valence-corrected chi connectivity index (χ3v) is 8.43. The fourth-order valence-electron chi connectivity index (χ4n) is 6.81. The van der Waals surface area contributed by atoms with Crippen LogP contribution in [0.2, 0.25) is 0 Å². The second-order valence-electron chi connectivity index (χ2n) is 10.5. The molecule has 7 aromatic rings. The van der Waals surface area contributed by atoms with E-state index < -0.39 is 0 Å². The van der Waals surface area contributed by atoms with Crippen LogP contribution >= 0.6 is 0 Å². The zero-order chi connectivity index (χ0) is 26.2. The molecule has 0 atom stereocenters. The topological polar surface area (TPSA) is 17.4 Å². The molecule has 3 heterocycles. The summed E-state index contributed by atoms with van der Waals surface area (Å²) in [7, 11) is 0. The lowest BCUT2D eigenvalue weighted by Gasteiger charge is -2.32. The number of benzene rings is 6. The van der Waals surface area contributed by atoms with E-state index in [1.54, 1.807) is 0 Å². The summed E-state index contributed by atoms with van der Waals surface area (Å²) in [5.74, 6) is 1.90. The van der Waals surface area contributed by atoms with Crippen molar-refractivity contribution in [3.8, 4) is 17.2 Å². The van der Waals surface area contributed by atoms with E-state index in [4.69, 9.17) is 4.74 Å². The van der Waals surface area contributed by atoms with E-state index in [-0.39, 0.29) is 6.71 Å². The lowest BCUT2D eigenvalue weighted by atomic mass is 9.34. The van der Waals surface area contributed by atoms with Crippen molar-refractivity contribution < 1.29 is 4.74 Å². The smallest absolute Gasteiger partial charge is 0.256 e. The number of nitrogens with zero attached hydrogens (tertiary/aromatic N) is 2. The van der Waals surface area contributed by atoms with Gasteiger partial charge in [0.05, 0.1) is 11.0 Å². The molecule has 0 saturated heterocycles. The van der Waals surface area contributed by atoms with Crippen molar-refractivity contribution in [3.63, 3.8) is 0 Å². The minimum absolute atomic E-state index is 0.140. The Morgan fingerprint density at radius 2 is 1.20 bits per heavy atom. The fraction of sp³-hybridized carbons (Fsp3) is 0. The highest BCUT2D eigenvalue weighted by Gasteiger charge is 2.40. The molecule has 0 aliphatic carbocycles. The van der Waals surface area contributed by atoms with Gasteiger partial charge >= 0.3 is 0 Å². The third-order valence-electron chi connectivity index (χ3n) is 8.43. The van der Waals surface area contributed by atoms with Gasteiger partial charge in [0.1, 0.15) is 11.5 Å². The molecular weight excluding hydrogens is 487 g/mol. The summed E-state index contributed by atoms with van der Waals surface area (Å²) in [6.45, 7) is 0.140. The van der Waals surface area contributed by atoms with Crippen molar-refractivity contribution in [2.24, 2.45) is 0 Å². The van der Waals surface area contributed by atoms with Gasteiger partial charge in [-0.2, -0.15) is 0 Å². The normalized spacial score (nSPS) is 12.7. The number of fused-ring (bicyclic) bond motifs is 8. The summed E-state index contributed by atoms with van der Waals surface area (Å²) in [5.41, 5.74) is 10.9. The first-order valence-electron chi connectivity index (χ1n) is 13.7. The molecule has 0 fully saturated rings. The van der Waals surface area contributed by atoms with Crippen molar-refractivity contribution in [2.45, 2.75) is 0 Å². The highest BCUT2D eigenvalue weighted by atomic mass is 16.5. The highest BCUT2D eigenvalue weighted by molar-refractivity contribution is 6.99. The van der Waals surface area contributed by atoms with Crippen molar-refractivity contribution in [3.05, 3.63) is 140 Å². The second-order valence-corrected chi connectivity index (χ2v) is 10.5. The Labute approximate surface area is 232 Å². The number of para-hydroxylation sites is 4. The van der Waals surface area contributed by atoms with E-state index in [0.29, 0.717) is 0 Å². The Kier molecular flexibility index (Phi) is 4.41. The molecule has 3 nitrogen and oxygen atoms in total. The van der Waals surface area contributed by atoms with Crippen molar-refractivity contribution in [1.29, 1.82) is 0 Å². The highest BCUT2D eigenvalue weighted by Crippen LogP contribution is 2.41. The molecule has 4 heteroatoms. The lowest BCUT2D eigenvalue weighted by molar-refractivity contribution is 0.488. The average Bonchev–Trinajstić information content (AvgIpc) is 3.36. The van der Waals surface area contributed by atoms with Crippen LogP contribution in [0.3, 0.4) is 0 Å². The standard InChI is InChI=1S/C36H23BN2O/c1-3-11-24(12-4-1)38(25-13-5-2-6-14-25)26-19-21-31-28(23-26)27-20-22-34-35-36(27)39(31)32-17-9-7-15-29(32)37(35)30-16-8-10-18-33(30)40-34/h1-23H. The molecule has 6 aromatic carbocycles. The average molecular weight is 510 g/mol. The Bertz CT molecular complexity index is 2060. The Balaban J connectivity index is 1.36. The fourth-order valence-corrected chi connectivity index (χ4v) is 6.81. The molecule has 186 valence electrons. The van der Waals surface area contributed by atoms with Gasteiger partial charge in [0.2, 0.25) is 0 Å². The molecule has 0 spiro atoms. The molecule has 2 aliphatic rings. The quantitative estimate of drug-likeness (QED) is 0.234. The molecule has 0 radical (unpaired) electrons. The third kappa shape index (κ3) is 2.90. The van der Waals surface area contributed by atoms with E-state index in [9.17, 15) is 0 Å². The molecule has 0 amide bonds. The monoisotopic (exact) mass is 510 g/mol. The number of hydrogen-bond acceptors (Lipinski definition) is 2. The van der Waals surface area contributed by atoms with Crippen LogP contribution < -0.4 is 26.0 Å². The first-order chi connectivity index (χ1) is 19.9. The number of anilines is 3. The van der Waals surface area contributed by atoms with Crippen LogP contribution in [0.25, 0.3) is 27.5 Å². The minimum atomic E-state index is 0.140. The molecular formula is C36H23BN2O. The van der Waals surface area contributed by atoms with E-state index in [1.807, 2.05) is 0 Å². The SMILES string of the molecule is c1ccc(N(c2ccccc2)c2ccc3c(c2)c2ccc4c5c2n3-c2ccccc2B5c2ccccc2O4)cc1. The molecule has 2 aliphatic heterocycles. The Hall–Kier alpha value is -5.22. The number of hydrogen-bond donors (Lipinski definition) is 0. The van der Waals surface area contributed by atoms with Gasteiger partial charge in [-0.15, -0.1) is 0 Å². The summed E-state index contributed by atoms with van der Waals surface area (Å²) in [5, 5.41) is 2.49. The van der Waals surface area contributed by atoms with Crippen LogP contribution in [0.15, 0.2) is 140 Å². The van der Waals surface area contributed by atoms with E-state index in [2.05, 4.69) is 149 Å². The Morgan fingerprint density at radius 1 is 0.525 bits per heavy atom. The summed E-state index contributed by atoms with van der Waals surface area (Å²) in [4.78, 5) is 2.33. The number of aromatic nitrogens is 1. The first kappa shape index (κ1) is 21.7. The van der Waals surface area contributed by atoms with Gasteiger partial charge in [0, 0.05) is 33.5 Å². The van der Waals surface area contributed by atoms with Crippen molar-refractivity contribution in [1.82, 2.24) is 4.57 Å². The van der Waals surface area contributed by atoms with Crippen LogP contribution in [0.4, 0.5) is 17.1 Å². The van der Waals surface area contributed by atoms with Gasteiger partial charge < -0.3 is 14.2 Å². The zero-order valence-electron chi connectivity index (χ0n) is 21.7. The van der Waals surface area contributed by atoms with Gasteiger partial charge in [-0.05, 0) is 83.1 Å². The van der Waals surface area contributed by atoms with Crippen LogP contribution in [-0.2, 0) is 0 Å². The molecule has 0 N–H and O–H groups in total. The number of rotatable bonds is 3. The second kappa shape index (κ2) is 8.14. The van der Waals surface area contributed by atoms with Crippen molar-refractivity contribution >= 4 is 62.0 Å². The largest absolute Gasteiger partial charge is 0.458 e. The Morgan fingerprint density at radius 3 is 1.98 bits per heavy atom. The van der Waals surface area contributed by atoms with Crippen LogP contribution in [-0.4, -0.2) is 11.3 Å². The van der Waals surface area contributed by atoms with Gasteiger partial charge in [0.25, 0.3) is 6.71 Å². The molecule has 9 rings (SSSR count). The van der Waals surface area contributed by atoms with E-state index >= 15 is 0 Å². The molecule has 0 unspecified atom stereocenters. The van der Waals surface area contributed by atoms with E-state index in [0.717, 1.165) is 28.6 Å². The first-order valence-corrected chi connectivity index (χ1v) is 13.7. The maximum Gasteiger partial charge on any atom is 0.256 e.